The number of rotatable bonds is 8. The molecule has 4 N–H and O–H groups in total. The molecule has 2 aromatic rings. The molecule has 0 fully saturated rings. The van der Waals surface area contributed by atoms with E-state index in [4.69, 9.17) is 10.2 Å². The van der Waals surface area contributed by atoms with Crippen LogP contribution in [0.4, 0.5) is 0 Å². The third-order valence-electron chi connectivity index (χ3n) is 4.25. The van der Waals surface area contributed by atoms with Gasteiger partial charge in [-0.05, 0) is 49.2 Å². The normalized spacial score (nSPS) is 12.7. The van der Waals surface area contributed by atoms with Gasteiger partial charge in [0.15, 0.2) is 0 Å². The second-order valence-corrected chi connectivity index (χ2v) is 6.64. The van der Waals surface area contributed by atoms with Crippen molar-refractivity contribution in [2.24, 2.45) is 0 Å². The smallest absolute Gasteiger partial charge is 0.325 e. The lowest BCUT2D eigenvalue weighted by atomic mass is 10.1. The highest BCUT2D eigenvalue weighted by molar-refractivity contribution is 5.97. The Morgan fingerprint density at radius 3 is 1.23 bits per heavy atom. The first-order chi connectivity index (χ1) is 14.2. The maximum absolute atomic E-state index is 12.0. The van der Waals surface area contributed by atoms with Crippen LogP contribution in [0.15, 0.2) is 48.5 Å². The van der Waals surface area contributed by atoms with Crippen molar-refractivity contribution in [1.29, 1.82) is 0 Å². The molecule has 156 valence electrons. The van der Waals surface area contributed by atoms with Gasteiger partial charge in [0.2, 0.25) is 0 Å². The van der Waals surface area contributed by atoms with Crippen molar-refractivity contribution >= 4 is 35.9 Å². The molecule has 2 amide bonds. The number of nitrogens with one attached hydrogen (secondary N) is 2. The average Bonchev–Trinajstić information content (AvgIpc) is 2.72. The van der Waals surface area contributed by atoms with E-state index >= 15 is 0 Å². The third-order valence-corrected chi connectivity index (χ3v) is 4.25. The molecule has 2 atom stereocenters. The molecule has 0 aliphatic carbocycles. The molecule has 2 rings (SSSR count). The highest BCUT2D eigenvalue weighted by Crippen LogP contribution is 2.12. The number of hydrogen-bond acceptors (Lipinski definition) is 4. The second kappa shape index (κ2) is 10.0. The number of aliphatic carboxylic acids is 2. The quantitative estimate of drug-likeness (QED) is 0.494. The fourth-order valence-corrected chi connectivity index (χ4v) is 2.37. The van der Waals surface area contributed by atoms with Crippen LogP contribution in [0.3, 0.4) is 0 Å². The van der Waals surface area contributed by atoms with E-state index in [0.29, 0.717) is 11.1 Å². The number of carboxylic acids is 2. The largest absolute Gasteiger partial charge is 0.480 e. The van der Waals surface area contributed by atoms with Gasteiger partial charge in [0.25, 0.3) is 11.8 Å². The summed E-state index contributed by atoms with van der Waals surface area (Å²) in [5.41, 5.74) is 2.36. The molecule has 0 radical (unpaired) electrons. The number of amides is 2. The SMILES string of the molecule is C[C@H](NC(=O)c1ccc(/C=C/c2ccc(C(=O)N[C@@H](C)C(=O)O)cc2)cc1)C(=O)O. The van der Waals surface area contributed by atoms with Crippen LogP contribution >= 0.6 is 0 Å². The van der Waals surface area contributed by atoms with Gasteiger partial charge in [-0.1, -0.05) is 36.4 Å². The number of hydrogen-bond donors (Lipinski definition) is 4. The van der Waals surface area contributed by atoms with Crippen molar-refractivity contribution in [3.63, 3.8) is 0 Å². The Bertz CT molecular complexity index is 885. The summed E-state index contributed by atoms with van der Waals surface area (Å²) in [7, 11) is 0. The zero-order valence-electron chi connectivity index (χ0n) is 16.5. The third kappa shape index (κ3) is 6.30. The van der Waals surface area contributed by atoms with E-state index < -0.39 is 35.8 Å². The number of benzene rings is 2. The van der Waals surface area contributed by atoms with E-state index in [1.807, 2.05) is 12.2 Å². The first-order valence-corrected chi connectivity index (χ1v) is 9.13. The summed E-state index contributed by atoms with van der Waals surface area (Å²) >= 11 is 0. The molecule has 0 aromatic heterocycles. The van der Waals surface area contributed by atoms with Gasteiger partial charge in [0, 0.05) is 11.1 Å². The standard InChI is InChI=1S/C22H22N2O6/c1-13(21(27)28)23-19(25)17-9-5-15(6-10-17)3-4-16-7-11-18(12-8-16)20(26)24-14(2)22(29)30/h3-14H,1-2H3,(H,23,25)(H,24,26)(H,27,28)(H,29,30)/b4-3+/t13-,14-/m0/s1. The fourth-order valence-electron chi connectivity index (χ4n) is 2.37. The van der Waals surface area contributed by atoms with Gasteiger partial charge < -0.3 is 20.8 Å². The minimum atomic E-state index is -1.11. The fraction of sp³-hybridized carbons (Fsp3) is 0.182. The molecule has 0 saturated carbocycles. The molecular formula is C22H22N2O6. The van der Waals surface area contributed by atoms with Gasteiger partial charge in [-0.25, -0.2) is 0 Å². The Labute approximate surface area is 173 Å². The summed E-state index contributed by atoms with van der Waals surface area (Å²) in [5, 5.41) is 22.4. The van der Waals surface area contributed by atoms with E-state index in [0.717, 1.165) is 11.1 Å². The van der Waals surface area contributed by atoms with E-state index in [2.05, 4.69) is 10.6 Å². The van der Waals surface area contributed by atoms with Gasteiger partial charge in [0.05, 0.1) is 0 Å². The minimum absolute atomic E-state index is 0.353. The first kappa shape index (κ1) is 22.4. The number of carbonyl (C=O) groups excluding carboxylic acids is 2. The predicted octanol–water partition coefficient (Wildman–Crippen LogP) is 2.26. The molecule has 0 heterocycles. The van der Waals surface area contributed by atoms with Gasteiger partial charge in [-0.2, -0.15) is 0 Å². The van der Waals surface area contributed by atoms with E-state index in [-0.39, 0.29) is 0 Å². The van der Waals surface area contributed by atoms with Crippen LogP contribution in [0, 0.1) is 0 Å². The van der Waals surface area contributed by atoms with Gasteiger partial charge in [0.1, 0.15) is 12.1 Å². The molecular weight excluding hydrogens is 388 g/mol. The zero-order valence-corrected chi connectivity index (χ0v) is 16.5. The molecule has 0 saturated heterocycles. The summed E-state index contributed by atoms with van der Waals surface area (Å²) in [6, 6.07) is 11.3. The Kier molecular flexibility index (Phi) is 7.46. The lowest BCUT2D eigenvalue weighted by Gasteiger charge is -2.09. The molecule has 8 nitrogen and oxygen atoms in total. The monoisotopic (exact) mass is 410 g/mol. The van der Waals surface area contributed by atoms with E-state index in [9.17, 15) is 19.2 Å². The first-order valence-electron chi connectivity index (χ1n) is 9.13. The highest BCUT2D eigenvalue weighted by Gasteiger charge is 2.15. The molecule has 0 aliphatic rings. The van der Waals surface area contributed by atoms with Crippen LogP contribution in [0.25, 0.3) is 12.2 Å². The summed E-state index contributed by atoms with van der Waals surface area (Å²) in [6.07, 6.45) is 3.65. The van der Waals surface area contributed by atoms with Crippen LogP contribution in [-0.2, 0) is 9.59 Å². The van der Waals surface area contributed by atoms with Crippen molar-refractivity contribution in [2.75, 3.05) is 0 Å². The van der Waals surface area contributed by atoms with Crippen LogP contribution < -0.4 is 10.6 Å². The zero-order chi connectivity index (χ0) is 22.3. The highest BCUT2D eigenvalue weighted by atomic mass is 16.4. The summed E-state index contributed by atoms with van der Waals surface area (Å²) in [5.74, 6) is -3.15. The van der Waals surface area contributed by atoms with Gasteiger partial charge in [-0.15, -0.1) is 0 Å². The van der Waals surface area contributed by atoms with Crippen molar-refractivity contribution in [3.05, 3.63) is 70.8 Å². The Hall–Kier alpha value is -3.94. The summed E-state index contributed by atoms with van der Waals surface area (Å²) < 4.78 is 0. The van der Waals surface area contributed by atoms with Gasteiger partial charge in [-0.3, -0.25) is 19.2 Å². The lowest BCUT2D eigenvalue weighted by molar-refractivity contribution is -0.139. The molecule has 0 aliphatic heterocycles. The van der Waals surface area contributed by atoms with Crippen LogP contribution in [0.2, 0.25) is 0 Å². The number of carboxylic acid groups (broad SMARTS) is 2. The van der Waals surface area contributed by atoms with Crippen LogP contribution in [-0.4, -0.2) is 46.0 Å². The summed E-state index contributed by atoms with van der Waals surface area (Å²) in [4.78, 5) is 45.6. The van der Waals surface area contributed by atoms with E-state index in [1.54, 1.807) is 48.5 Å². The van der Waals surface area contributed by atoms with Gasteiger partial charge >= 0.3 is 11.9 Å². The van der Waals surface area contributed by atoms with Crippen molar-refractivity contribution in [1.82, 2.24) is 10.6 Å². The predicted molar refractivity (Wildman–Crippen MR) is 111 cm³/mol. The van der Waals surface area contributed by atoms with Crippen molar-refractivity contribution in [3.8, 4) is 0 Å². The average molecular weight is 410 g/mol. The summed E-state index contributed by atoms with van der Waals surface area (Å²) in [6.45, 7) is 2.78. The molecule has 0 spiro atoms. The lowest BCUT2D eigenvalue weighted by Crippen LogP contribution is -2.38. The van der Waals surface area contributed by atoms with Crippen LogP contribution in [0.1, 0.15) is 45.7 Å². The molecule has 30 heavy (non-hydrogen) atoms. The molecule has 0 unspecified atom stereocenters. The Balaban J connectivity index is 1.99. The maximum Gasteiger partial charge on any atom is 0.325 e. The van der Waals surface area contributed by atoms with Crippen molar-refractivity contribution < 1.29 is 29.4 Å². The Morgan fingerprint density at radius 1 is 0.667 bits per heavy atom. The Morgan fingerprint density at radius 2 is 0.967 bits per heavy atom. The maximum atomic E-state index is 12.0. The second-order valence-electron chi connectivity index (χ2n) is 6.64. The topological polar surface area (TPSA) is 133 Å². The number of carbonyl (C=O) groups is 4. The van der Waals surface area contributed by atoms with Crippen molar-refractivity contribution in [2.45, 2.75) is 25.9 Å². The molecule has 8 heteroatoms. The molecule has 0 bridgehead atoms. The molecule has 2 aromatic carbocycles. The van der Waals surface area contributed by atoms with Crippen LogP contribution in [0.5, 0.6) is 0 Å². The van der Waals surface area contributed by atoms with E-state index in [1.165, 1.54) is 13.8 Å². The minimum Gasteiger partial charge on any atom is -0.480 e.